The highest BCUT2D eigenvalue weighted by molar-refractivity contribution is 5.54. The van der Waals surface area contributed by atoms with Crippen molar-refractivity contribution < 1.29 is 4.74 Å². The van der Waals surface area contributed by atoms with E-state index in [1.54, 1.807) is 6.08 Å². The van der Waals surface area contributed by atoms with Crippen molar-refractivity contribution in [3.8, 4) is 12.1 Å². The van der Waals surface area contributed by atoms with Gasteiger partial charge in [0.15, 0.2) is 0 Å². The van der Waals surface area contributed by atoms with Crippen molar-refractivity contribution >= 4 is 0 Å². The molecule has 0 saturated heterocycles. The Morgan fingerprint density at radius 1 is 0.810 bits per heavy atom. The van der Waals surface area contributed by atoms with Crippen LogP contribution in [0.1, 0.15) is 24.0 Å². The number of benzene rings is 1. The first-order valence-electron chi connectivity index (χ1n) is 7.00. The molecule has 0 N–H and O–H groups in total. The standard InChI is InChI=1S/C18H14N2O/c19-11-15-7-9-16-8-5-13-1-3-14(4-2-13)6-10-18(21-16)17(15)12-20/h1-4,7,9H,5-6,8,10H2. The predicted octanol–water partition coefficient (Wildman–Crippen LogP) is 3.71. The van der Waals surface area contributed by atoms with E-state index in [9.17, 15) is 10.5 Å². The topological polar surface area (TPSA) is 56.8 Å². The van der Waals surface area contributed by atoms with Gasteiger partial charge in [-0.15, -0.1) is 0 Å². The summed E-state index contributed by atoms with van der Waals surface area (Å²) in [7, 11) is 0. The summed E-state index contributed by atoms with van der Waals surface area (Å²) in [6, 6.07) is 12.8. The van der Waals surface area contributed by atoms with Gasteiger partial charge >= 0.3 is 0 Å². The van der Waals surface area contributed by atoms with Gasteiger partial charge in [0.1, 0.15) is 29.2 Å². The Bertz CT molecular complexity index is 737. The average molecular weight is 274 g/mol. The highest BCUT2D eigenvalue weighted by Gasteiger charge is 2.18. The smallest absolute Gasteiger partial charge is 0.123 e. The molecule has 1 aromatic rings. The number of fused-ring (bicyclic) bond motifs is 4. The summed E-state index contributed by atoms with van der Waals surface area (Å²) in [4.78, 5) is 0. The van der Waals surface area contributed by atoms with E-state index in [2.05, 4.69) is 36.4 Å². The molecule has 0 aliphatic carbocycles. The number of nitrogens with zero attached hydrogens (tertiary/aromatic N) is 2. The summed E-state index contributed by atoms with van der Waals surface area (Å²) < 4.78 is 5.94. The molecule has 3 heteroatoms. The average Bonchev–Trinajstić information content (AvgIpc) is 2.73. The molecule has 4 rings (SSSR count). The third-order valence-electron chi connectivity index (χ3n) is 3.79. The van der Waals surface area contributed by atoms with Gasteiger partial charge in [-0.1, -0.05) is 24.3 Å². The lowest BCUT2D eigenvalue weighted by molar-refractivity contribution is 0.276. The molecular formula is C18H14N2O. The molecule has 102 valence electrons. The highest BCUT2D eigenvalue weighted by Crippen LogP contribution is 2.28. The second-order valence-corrected chi connectivity index (χ2v) is 5.15. The molecule has 4 bridgehead atoms. The maximum atomic E-state index is 9.36. The molecule has 0 atom stereocenters. The van der Waals surface area contributed by atoms with E-state index in [0.29, 0.717) is 23.3 Å². The first kappa shape index (κ1) is 13.2. The van der Waals surface area contributed by atoms with Gasteiger partial charge in [0.25, 0.3) is 0 Å². The summed E-state index contributed by atoms with van der Waals surface area (Å²) in [5.74, 6) is 1.42. The highest BCUT2D eigenvalue weighted by atomic mass is 16.5. The molecule has 21 heavy (non-hydrogen) atoms. The maximum absolute atomic E-state index is 9.36. The maximum Gasteiger partial charge on any atom is 0.123 e. The van der Waals surface area contributed by atoms with Crippen molar-refractivity contribution in [2.75, 3.05) is 0 Å². The van der Waals surface area contributed by atoms with Crippen molar-refractivity contribution in [1.29, 1.82) is 10.5 Å². The van der Waals surface area contributed by atoms with Crippen molar-refractivity contribution in [3.05, 3.63) is 70.2 Å². The third kappa shape index (κ3) is 2.73. The van der Waals surface area contributed by atoms with Crippen LogP contribution in [-0.2, 0) is 17.6 Å². The van der Waals surface area contributed by atoms with E-state index in [4.69, 9.17) is 4.74 Å². The molecule has 0 radical (unpaired) electrons. The van der Waals surface area contributed by atoms with E-state index >= 15 is 0 Å². The third-order valence-corrected chi connectivity index (χ3v) is 3.79. The Morgan fingerprint density at radius 3 is 2.10 bits per heavy atom. The van der Waals surface area contributed by atoms with E-state index in [-0.39, 0.29) is 0 Å². The first-order valence-corrected chi connectivity index (χ1v) is 7.00. The van der Waals surface area contributed by atoms with Crippen molar-refractivity contribution in [2.24, 2.45) is 0 Å². The van der Waals surface area contributed by atoms with Crippen molar-refractivity contribution in [2.45, 2.75) is 25.7 Å². The molecule has 3 heterocycles. The zero-order chi connectivity index (χ0) is 14.7. The Morgan fingerprint density at radius 2 is 1.48 bits per heavy atom. The fraction of sp³-hybridized carbons (Fsp3) is 0.222. The Labute approximate surface area is 124 Å². The quantitative estimate of drug-likeness (QED) is 0.724. The van der Waals surface area contributed by atoms with E-state index in [0.717, 1.165) is 25.0 Å². The van der Waals surface area contributed by atoms with Gasteiger partial charge < -0.3 is 4.74 Å². The van der Waals surface area contributed by atoms with Crippen LogP contribution in [0.15, 0.2) is 59.1 Å². The van der Waals surface area contributed by atoms with Gasteiger partial charge in [0, 0.05) is 12.8 Å². The van der Waals surface area contributed by atoms with Crippen LogP contribution in [0.2, 0.25) is 0 Å². The second kappa shape index (κ2) is 5.69. The first-order chi connectivity index (χ1) is 10.3. The summed E-state index contributed by atoms with van der Waals surface area (Å²) >= 11 is 0. The summed E-state index contributed by atoms with van der Waals surface area (Å²) in [6.45, 7) is 0. The molecule has 3 aliphatic heterocycles. The number of hydrogen-bond acceptors (Lipinski definition) is 3. The Balaban J connectivity index is 2.06. The van der Waals surface area contributed by atoms with Crippen LogP contribution in [0.3, 0.4) is 0 Å². The van der Waals surface area contributed by atoms with Crippen molar-refractivity contribution in [1.82, 2.24) is 0 Å². The molecular weight excluding hydrogens is 260 g/mol. The number of ether oxygens (including phenoxy) is 1. The number of allylic oxidation sites excluding steroid dienone is 6. The lowest BCUT2D eigenvalue weighted by Gasteiger charge is -2.12. The Kier molecular flexibility index (Phi) is 3.58. The Hall–Kier alpha value is -2.78. The lowest BCUT2D eigenvalue weighted by Crippen LogP contribution is -1.99. The van der Waals surface area contributed by atoms with E-state index in [1.807, 2.05) is 6.08 Å². The predicted molar refractivity (Wildman–Crippen MR) is 78.6 cm³/mol. The minimum atomic E-state index is 0.360. The molecule has 0 saturated carbocycles. The van der Waals surface area contributed by atoms with Crippen LogP contribution in [-0.4, -0.2) is 0 Å². The summed E-state index contributed by atoms with van der Waals surface area (Å²) in [6.07, 6.45) is 6.57. The van der Waals surface area contributed by atoms with Gasteiger partial charge in [-0.3, -0.25) is 0 Å². The molecule has 3 nitrogen and oxygen atoms in total. The second-order valence-electron chi connectivity index (χ2n) is 5.15. The normalized spacial score (nSPS) is 17.4. The van der Waals surface area contributed by atoms with Crippen LogP contribution >= 0.6 is 0 Å². The number of hydrogen-bond donors (Lipinski definition) is 0. The molecule has 0 amide bonds. The molecule has 0 spiro atoms. The lowest BCUT2D eigenvalue weighted by atomic mass is 10.0. The minimum Gasteiger partial charge on any atom is -0.465 e. The number of rotatable bonds is 0. The van der Waals surface area contributed by atoms with Crippen LogP contribution < -0.4 is 0 Å². The summed E-state index contributed by atoms with van der Waals surface area (Å²) in [5, 5.41) is 18.6. The van der Waals surface area contributed by atoms with Gasteiger partial charge in [-0.05, 0) is 36.1 Å². The van der Waals surface area contributed by atoms with Gasteiger partial charge in [-0.25, -0.2) is 0 Å². The van der Waals surface area contributed by atoms with Gasteiger partial charge in [0.2, 0.25) is 0 Å². The minimum absolute atomic E-state index is 0.360. The fourth-order valence-corrected chi connectivity index (χ4v) is 2.58. The SMILES string of the molecule is N#CC1=CC=C2CCc3ccc(cc3)CCC(=C1C#N)O2. The van der Waals surface area contributed by atoms with Crippen LogP contribution in [0, 0.1) is 22.7 Å². The molecule has 0 fully saturated rings. The molecule has 3 aliphatic rings. The molecule has 1 aromatic carbocycles. The van der Waals surface area contributed by atoms with E-state index in [1.165, 1.54) is 11.1 Å². The number of aryl methyl sites for hydroxylation is 2. The van der Waals surface area contributed by atoms with Gasteiger partial charge in [-0.2, -0.15) is 10.5 Å². The largest absolute Gasteiger partial charge is 0.465 e. The van der Waals surface area contributed by atoms with E-state index < -0.39 is 0 Å². The van der Waals surface area contributed by atoms with Crippen LogP contribution in [0.25, 0.3) is 0 Å². The zero-order valence-corrected chi connectivity index (χ0v) is 11.6. The van der Waals surface area contributed by atoms with Crippen LogP contribution in [0.4, 0.5) is 0 Å². The zero-order valence-electron chi connectivity index (χ0n) is 11.6. The summed E-state index contributed by atoms with van der Waals surface area (Å²) in [5.41, 5.74) is 3.23. The van der Waals surface area contributed by atoms with Crippen molar-refractivity contribution in [3.63, 3.8) is 0 Å². The molecule has 0 unspecified atom stereocenters. The van der Waals surface area contributed by atoms with Crippen LogP contribution in [0.5, 0.6) is 0 Å². The molecule has 0 aromatic heterocycles. The monoisotopic (exact) mass is 274 g/mol. The fourth-order valence-electron chi connectivity index (χ4n) is 2.58. The van der Waals surface area contributed by atoms with Gasteiger partial charge in [0.05, 0.1) is 5.57 Å². The number of nitriles is 2.